The van der Waals surface area contributed by atoms with Crippen LogP contribution in [0, 0.1) is 0 Å². The van der Waals surface area contributed by atoms with Crippen LogP contribution in [0.25, 0.3) is 10.9 Å². The molecule has 3 heterocycles. The van der Waals surface area contributed by atoms with Crippen molar-refractivity contribution in [3.8, 4) is 0 Å². The second kappa shape index (κ2) is 7.25. The van der Waals surface area contributed by atoms with Crippen molar-refractivity contribution in [3.05, 3.63) is 30.5 Å². The molecule has 1 aromatic heterocycles. The number of carbonyl (C=O) groups excluding carboxylic acids is 1. The van der Waals surface area contributed by atoms with E-state index in [1.165, 1.54) is 15.8 Å². The highest BCUT2D eigenvalue weighted by Gasteiger charge is 2.41. The predicted octanol–water partition coefficient (Wildman–Crippen LogP) is 2.17. The van der Waals surface area contributed by atoms with Gasteiger partial charge in [0.1, 0.15) is 0 Å². The number of piperazine rings is 1. The lowest BCUT2D eigenvalue weighted by atomic mass is 9.84. The maximum Gasteiger partial charge on any atom is 0.233 e. The van der Waals surface area contributed by atoms with Crippen LogP contribution in [0.2, 0.25) is 0 Å². The molecule has 5 nitrogen and oxygen atoms in total. The quantitative estimate of drug-likeness (QED) is 0.839. The van der Waals surface area contributed by atoms with Crippen LogP contribution in [0.3, 0.4) is 0 Å². The minimum Gasteiger partial charge on any atom is -0.349 e. The molecule has 1 spiro atoms. The molecule has 1 N–H and O–H groups in total. The highest BCUT2D eigenvalue weighted by atomic mass is 32.2. The molecule has 0 bridgehead atoms. The van der Waals surface area contributed by atoms with Gasteiger partial charge in [0.15, 0.2) is 0 Å². The van der Waals surface area contributed by atoms with E-state index < -0.39 is 0 Å². The molecule has 1 amide bonds. The number of thioether (sulfide) groups is 1. The number of hydrogen-bond donors (Lipinski definition) is 1. The number of nitrogens with zero attached hydrogens (tertiary/aromatic N) is 3. The lowest BCUT2D eigenvalue weighted by Crippen LogP contribution is -2.65. The largest absolute Gasteiger partial charge is 0.349 e. The Labute approximate surface area is 159 Å². The number of carbonyl (C=O) groups is 1. The summed E-state index contributed by atoms with van der Waals surface area (Å²) in [7, 11) is 4.29. The van der Waals surface area contributed by atoms with Crippen LogP contribution >= 0.6 is 11.8 Å². The van der Waals surface area contributed by atoms with E-state index in [4.69, 9.17) is 0 Å². The number of nitrogens with one attached hydrogen (secondary N) is 1. The molecular formula is C20H28N4OS. The van der Waals surface area contributed by atoms with E-state index in [9.17, 15) is 4.79 Å². The predicted molar refractivity (Wildman–Crippen MR) is 108 cm³/mol. The summed E-state index contributed by atoms with van der Waals surface area (Å²) in [5, 5.41) is 4.69. The molecule has 6 heteroatoms. The van der Waals surface area contributed by atoms with Gasteiger partial charge in [0.05, 0.1) is 5.75 Å². The standard InChI is InChI=1S/C20H28N4OS/c1-22-13-18(16-5-3-4-6-17(16)22)26-14-19(25)24-12-11-23(2)20(15-24)7-9-21-10-8-20/h3-6,13,21H,7-12,14-15H2,1-2H3. The molecule has 0 saturated carbocycles. The Hall–Kier alpha value is -1.50. The highest BCUT2D eigenvalue weighted by molar-refractivity contribution is 8.00. The van der Waals surface area contributed by atoms with E-state index >= 15 is 0 Å². The molecule has 2 aromatic rings. The molecule has 1 aromatic carbocycles. The van der Waals surface area contributed by atoms with E-state index in [-0.39, 0.29) is 11.4 Å². The van der Waals surface area contributed by atoms with Crippen molar-refractivity contribution in [2.24, 2.45) is 7.05 Å². The summed E-state index contributed by atoms with van der Waals surface area (Å²) in [4.78, 5) is 18.7. The summed E-state index contributed by atoms with van der Waals surface area (Å²) in [5.74, 6) is 0.792. The number of rotatable bonds is 3. The lowest BCUT2D eigenvalue weighted by molar-refractivity contribution is -0.134. The summed E-state index contributed by atoms with van der Waals surface area (Å²) in [6.45, 7) is 4.81. The molecule has 0 atom stereocenters. The van der Waals surface area contributed by atoms with Gasteiger partial charge in [-0.05, 0) is 39.0 Å². The van der Waals surface area contributed by atoms with Crippen molar-refractivity contribution < 1.29 is 4.79 Å². The number of hydrogen-bond acceptors (Lipinski definition) is 4. The van der Waals surface area contributed by atoms with Crippen molar-refractivity contribution in [3.63, 3.8) is 0 Å². The molecule has 2 fully saturated rings. The van der Waals surface area contributed by atoms with Gasteiger partial charge in [0, 0.05) is 54.2 Å². The van der Waals surface area contributed by atoms with Gasteiger partial charge >= 0.3 is 0 Å². The summed E-state index contributed by atoms with van der Waals surface area (Å²) in [6, 6.07) is 8.39. The fraction of sp³-hybridized carbons (Fsp3) is 0.550. The van der Waals surface area contributed by atoms with Gasteiger partial charge in [-0.25, -0.2) is 0 Å². The number of aryl methyl sites for hydroxylation is 1. The smallest absolute Gasteiger partial charge is 0.233 e. The zero-order valence-electron chi connectivity index (χ0n) is 15.7. The summed E-state index contributed by atoms with van der Waals surface area (Å²) < 4.78 is 2.14. The molecule has 0 radical (unpaired) electrons. The SMILES string of the molecule is CN1CCN(C(=O)CSc2cn(C)c3ccccc23)CC12CCNCC2. The summed E-state index contributed by atoms with van der Waals surface area (Å²) in [6.07, 6.45) is 4.40. The maximum atomic E-state index is 12.9. The van der Waals surface area contributed by atoms with Crippen LogP contribution < -0.4 is 5.32 Å². The van der Waals surface area contributed by atoms with E-state index in [0.717, 1.165) is 45.6 Å². The normalized spacial score (nSPS) is 20.8. The van der Waals surface area contributed by atoms with Crippen LogP contribution in [0.15, 0.2) is 35.4 Å². The van der Waals surface area contributed by atoms with Crippen molar-refractivity contribution >= 4 is 28.6 Å². The van der Waals surface area contributed by atoms with Gasteiger partial charge < -0.3 is 14.8 Å². The van der Waals surface area contributed by atoms with Gasteiger partial charge in [-0.3, -0.25) is 9.69 Å². The average molecular weight is 373 g/mol. The van der Waals surface area contributed by atoms with Crippen molar-refractivity contribution in [1.29, 1.82) is 0 Å². The van der Waals surface area contributed by atoms with Crippen LogP contribution in [0.5, 0.6) is 0 Å². The molecule has 2 aliphatic rings. The lowest BCUT2D eigenvalue weighted by Gasteiger charge is -2.51. The molecule has 2 saturated heterocycles. The first-order valence-corrected chi connectivity index (χ1v) is 10.4. The molecule has 140 valence electrons. The van der Waals surface area contributed by atoms with Crippen LogP contribution in [-0.2, 0) is 11.8 Å². The molecule has 4 rings (SSSR count). The minimum atomic E-state index is 0.170. The fourth-order valence-corrected chi connectivity index (χ4v) is 5.38. The van der Waals surface area contributed by atoms with Gasteiger partial charge in [0.2, 0.25) is 5.91 Å². The number of piperidine rings is 1. The zero-order valence-corrected chi connectivity index (χ0v) is 16.5. The maximum absolute atomic E-state index is 12.9. The molecule has 0 unspecified atom stereocenters. The topological polar surface area (TPSA) is 40.5 Å². The Kier molecular flexibility index (Phi) is 4.99. The second-order valence-electron chi connectivity index (χ2n) is 7.62. The van der Waals surface area contributed by atoms with E-state index in [0.29, 0.717) is 5.75 Å². The number of benzene rings is 1. The summed E-state index contributed by atoms with van der Waals surface area (Å²) in [5.41, 5.74) is 1.39. The van der Waals surface area contributed by atoms with Gasteiger partial charge in [-0.15, -0.1) is 11.8 Å². The van der Waals surface area contributed by atoms with Crippen LogP contribution in [0.1, 0.15) is 12.8 Å². The highest BCUT2D eigenvalue weighted by Crippen LogP contribution is 2.32. The first-order chi connectivity index (χ1) is 12.6. The van der Waals surface area contributed by atoms with Crippen LogP contribution in [-0.4, -0.2) is 71.3 Å². The number of fused-ring (bicyclic) bond motifs is 1. The van der Waals surface area contributed by atoms with E-state index in [1.54, 1.807) is 11.8 Å². The number of likely N-dealkylation sites (N-methyl/N-ethyl adjacent to an activating group) is 1. The number of aromatic nitrogens is 1. The van der Waals surface area contributed by atoms with Gasteiger partial charge in [-0.1, -0.05) is 18.2 Å². The van der Waals surface area contributed by atoms with Gasteiger partial charge in [0.25, 0.3) is 0 Å². The van der Waals surface area contributed by atoms with Gasteiger partial charge in [-0.2, -0.15) is 0 Å². The third-order valence-electron chi connectivity index (χ3n) is 6.10. The van der Waals surface area contributed by atoms with E-state index in [2.05, 4.69) is 64.2 Å². The molecule has 0 aliphatic carbocycles. The monoisotopic (exact) mass is 372 g/mol. The van der Waals surface area contributed by atoms with Crippen LogP contribution in [0.4, 0.5) is 0 Å². The Balaban J connectivity index is 1.43. The fourth-order valence-electron chi connectivity index (χ4n) is 4.36. The molecule has 2 aliphatic heterocycles. The first kappa shape index (κ1) is 17.9. The first-order valence-electron chi connectivity index (χ1n) is 9.46. The minimum absolute atomic E-state index is 0.170. The van der Waals surface area contributed by atoms with Crippen molar-refractivity contribution in [1.82, 2.24) is 19.7 Å². The third kappa shape index (κ3) is 3.26. The third-order valence-corrected chi connectivity index (χ3v) is 7.13. The van der Waals surface area contributed by atoms with E-state index in [1.807, 2.05) is 0 Å². The zero-order chi connectivity index (χ0) is 18.1. The second-order valence-corrected chi connectivity index (χ2v) is 8.64. The molecule has 26 heavy (non-hydrogen) atoms. The number of para-hydroxylation sites is 1. The Morgan fingerprint density at radius 2 is 1.96 bits per heavy atom. The average Bonchev–Trinajstić information content (AvgIpc) is 2.99. The van der Waals surface area contributed by atoms with Crippen molar-refractivity contribution in [2.45, 2.75) is 23.3 Å². The number of amides is 1. The Bertz CT molecular complexity index is 796. The summed E-state index contributed by atoms with van der Waals surface area (Å²) >= 11 is 1.67. The van der Waals surface area contributed by atoms with Crippen molar-refractivity contribution in [2.75, 3.05) is 45.5 Å². The molecular weight excluding hydrogens is 344 g/mol. The Morgan fingerprint density at radius 1 is 1.19 bits per heavy atom. The Morgan fingerprint density at radius 3 is 2.77 bits per heavy atom.